The second-order valence-electron chi connectivity index (χ2n) is 8.96. The van der Waals surface area contributed by atoms with Gasteiger partial charge in [-0.2, -0.15) is 13.2 Å². The molecule has 4 rings (SSSR count). The molecule has 1 fully saturated rings. The summed E-state index contributed by atoms with van der Waals surface area (Å²) in [5, 5.41) is 0.698. The molecule has 2 heterocycles. The van der Waals surface area contributed by atoms with E-state index in [0.717, 1.165) is 31.8 Å². The Bertz CT molecular complexity index is 1250. The number of benzene rings is 2. The molecule has 1 aliphatic rings. The van der Waals surface area contributed by atoms with Gasteiger partial charge in [-0.3, -0.25) is 14.3 Å². The van der Waals surface area contributed by atoms with Gasteiger partial charge in [0.15, 0.2) is 5.82 Å². The van der Waals surface area contributed by atoms with Crippen LogP contribution in [-0.4, -0.2) is 47.2 Å². The van der Waals surface area contributed by atoms with Gasteiger partial charge in [0.2, 0.25) is 0 Å². The molecule has 1 aliphatic heterocycles. The molecule has 0 bridgehead atoms. The summed E-state index contributed by atoms with van der Waals surface area (Å²) < 4.78 is 40.5. The zero-order valence-corrected chi connectivity index (χ0v) is 20.8. The molecule has 3 aromatic rings. The summed E-state index contributed by atoms with van der Waals surface area (Å²) in [5.41, 5.74) is -0.511. The van der Waals surface area contributed by atoms with E-state index in [9.17, 15) is 18.0 Å². The SMILES string of the molecule is CC(C)CN1CCN(c2cc(=O)n(-c3ccc(C(F)(F)F)cc3)c(-c3ccc(Cl)cc3Cl)n2)CC1. The first-order valence-electron chi connectivity index (χ1n) is 11.3. The van der Waals surface area contributed by atoms with Gasteiger partial charge in [-0.05, 0) is 48.4 Å². The summed E-state index contributed by atoms with van der Waals surface area (Å²) in [6.45, 7) is 8.46. The van der Waals surface area contributed by atoms with Crippen molar-refractivity contribution in [2.24, 2.45) is 5.92 Å². The average Bonchev–Trinajstić information content (AvgIpc) is 2.78. The largest absolute Gasteiger partial charge is 0.416 e. The van der Waals surface area contributed by atoms with Crippen LogP contribution in [0.25, 0.3) is 17.1 Å². The van der Waals surface area contributed by atoms with E-state index in [-0.39, 0.29) is 16.5 Å². The van der Waals surface area contributed by atoms with Crippen LogP contribution in [0.15, 0.2) is 53.3 Å². The Hall–Kier alpha value is -2.55. The number of nitrogens with zero attached hydrogens (tertiary/aromatic N) is 4. The summed E-state index contributed by atoms with van der Waals surface area (Å²) in [5.74, 6) is 1.30. The fourth-order valence-electron chi connectivity index (χ4n) is 4.21. The molecule has 2 aromatic carbocycles. The number of hydrogen-bond donors (Lipinski definition) is 0. The predicted octanol–water partition coefficient (Wildman–Crippen LogP) is 6.00. The van der Waals surface area contributed by atoms with Crippen molar-refractivity contribution in [3.8, 4) is 17.1 Å². The van der Waals surface area contributed by atoms with E-state index < -0.39 is 17.3 Å². The molecule has 1 saturated heterocycles. The average molecular weight is 525 g/mol. The summed E-state index contributed by atoms with van der Waals surface area (Å²) in [7, 11) is 0. The molecule has 5 nitrogen and oxygen atoms in total. The first-order valence-corrected chi connectivity index (χ1v) is 12.0. The quantitative estimate of drug-likeness (QED) is 0.410. The van der Waals surface area contributed by atoms with E-state index >= 15 is 0 Å². The lowest BCUT2D eigenvalue weighted by Crippen LogP contribution is -2.48. The summed E-state index contributed by atoms with van der Waals surface area (Å²) >= 11 is 12.5. The van der Waals surface area contributed by atoms with Crippen molar-refractivity contribution < 1.29 is 13.2 Å². The second-order valence-corrected chi connectivity index (χ2v) is 9.81. The molecule has 0 spiro atoms. The summed E-state index contributed by atoms with van der Waals surface area (Å²) in [6.07, 6.45) is -4.48. The summed E-state index contributed by atoms with van der Waals surface area (Å²) in [6, 6.07) is 10.6. The van der Waals surface area contributed by atoms with Crippen molar-refractivity contribution in [3.05, 3.63) is 74.5 Å². The van der Waals surface area contributed by atoms with E-state index in [0.29, 0.717) is 35.4 Å². The van der Waals surface area contributed by atoms with Gasteiger partial charge in [0.25, 0.3) is 5.56 Å². The molecular formula is C25H25Cl2F3N4O. The minimum absolute atomic E-state index is 0.235. The second kappa shape index (κ2) is 10.2. The fraction of sp³-hybridized carbons (Fsp3) is 0.360. The molecular weight excluding hydrogens is 500 g/mol. The van der Waals surface area contributed by atoms with E-state index in [4.69, 9.17) is 28.2 Å². The molecule has 1 aromatic heterocycles. The van der Waals surface area contributed by atoms with Gasteiger partial charge in [-0.25, -0.2) is 4.98 Å². The van der Waals surface area contributed by atoms with Crippen LogP contribution in [0, 0.1) is 5.92 Å². The fourth-order valence-corrected chi connectivity index (χ4v) is 4.70. The van der Waals surface area contributed by atoms with Crippen LogP contribution in [0.5, 0.6) is 0 Å². The van der Waals surface area contributed by atoms with E-state index in [1.54, 1.807) is 18.2 Å². The summed E-state index contributed by atoms with van der Waals surface area (Å²) in [4.78, 5) is 22.5. The molecule has 186 valence electrons. The highest BCUT2D eigenvalue weighted by Crippen LogP contribution is 2.33. The van der Waals surface area contributed by atoms with E-state index in [1.807, 2.05) is 4.90 Å². The number of anilines is 1. The number of aromatic nitrogens is 2. The van der Waals surface area contributed by atoms with Crippen LogP contribution < -0.4 is 10.5 Å². The van der Waals surface area contributed by atoms with Crippen LogP contribution in [0.1, 0.15) is 19.4 Å². The third-order valence-electron chi connectivity index (χ3n) is 5.85. The Kier molecular flexibility index (Phi) is 7.45. The monoisotopic (exact) mass is 524 g/mol. The Labute approximate surface area is 211 Å². The smallest absolute Gasteiger partial charge is 0.354 e. The molecule has 10 heteroatoms. The molecule has 0 amide bonds. The van der Waals surface area contributed by atoms with Crippen molar-refractivity contribution in [2.75, 3.05) is 37.6 Å². The topological polar surface area (TPSA) is 41.4 Å². The molecule has 35 heavy (non-hydrogen) atoms. The Balaban J connectivity index is 1.78. The Morgan fingerprint density at radius 3 is 2.20 bits per heavy atom. The van der Waals surface area contributed by atoms with Gasteiger partial charge in [-0.15, -0.1) is 0 Å². The van der Waals surface area contributed by atoms with Crippen molar-refractivity contribution in [3.63, 3.8) is 0 Å². The van der Waals surface area contributed by atoms with Crippen molar-refractivity contribution in [1.29, 1.82) is 0 Å². The first kappa shape index (κ1) is 25.5. The lowest BCUT2D eigenvalue weighted by Gasteiger charge is -2.36. The van der Waals surface area contributed by atoms with Crippen molar-refractivity contribution >= 4 is 29.0 Å². The van der Waals surface area contributed by atoms with Gasteiger partial charge in [0.1, 0.15) is 5.82 Å². The molecule has 0 N–H and O–H groups in total. The molecule has 0 atom stereocenters. The highest BCUT2D eigenvalue weighted by atomic mass is 35.5. The predicted molar refractivity (Wildman–Crippen MR) is 134 cm³/mol. The highest BCUT2D eigenvalue weighted by Gasteiger charge is 2.30. The van der Waals surface area contributed by atoms with Crippen LogP contribution >= 0.6 is 23.2 Å². The van der Waals surface area contributed by atoms with Crippen LogP contribution in [0.3, 0.4) is 0 Å². The zero-order chi connectivity index (χ0) is 25.3. The van der Waals surface area contributed by atoms with Crippen LogP contribution in [-0.2, 0) is 6.18 Å². The Morgan fingerprint density at radius 2 is 1.63 bits per heavy atom. The van der Waals surface area contributed by atoms with Crippen molar-refractivity contribution in [1.82, 2.24) is 14.5 Å². The molecule has 0 aliphatic carbocycles. The zero-order valence-electron chi connectivity index (χ0n) is 19.3. The molecule has 0 unspecified atom stereocenters. The highest BCUT2D eigenvalue weighted by molar-refractivity contribution is 6.36. The van der Waals surface area contributed by atoms with Gasteiger partial charge in [0, 0.05) is 49.4 Å². The minimum atomic E-state index is -4.48. The normalized spacial score (nSPS) is 15.1. The van der Waals surface area contributed by atoms with Crippen molar-refractivity contribution in [2.45, 2.75) is 20.0 Å². The van der Waals surface area contributed by atoms with E-state index in [2.05, 4.69) is 18.7 Å². The number of rotatable bonds is 5. The number of alkyl halides is 3. The van der Waals surface area contributed by atoms with E-state index in [1.165, 1.54) is 22.8 Å². The van der Waals surface area contributed by atoms with Gasteiger partial charge in [0.05, 0.1) is 16.3 Å². The first-order chi connectivity index (χ1) is 16.5. The van der Waals surface area contributed by atoms with Gasteiger partial charge in [-0.1, -0.05) is 37.0 Å². The third-order valence-corrected chi connectivity index (χ3v) is 6.40. The minimum Gasteiger partial charge on any atom is -0.354 e. The number of halogens is 5. The molecule has 0 saturated carbocycles. The van der Waals surface area contributed by atoms with Crippen LogP contribution in [0.2, 0.25) is 10.0 Å². The van der Waals surface area contributed by atoms with Gasteiger partial charge < -0.3 is 4.90 Å². The number of hydrogen-bond acceptors (Lipinski definition) is 4. The maximum absolute atomic E-state index is 13.3. The third kappa shape index (κ3) is 5.82. The lowest BCUT2D eigenvalue weighted by atomic mass is 10.1. The lowest BCUT2D eigenvalue weighted by molar-refractivity contribution is -0.137. The molecule has 0 radical (unpaired) electrons. The van der Waals surface area contributed by atoms with Gasteiger partial charge >= 0.3 is 6.18 Å². The maximum Gasteiger partial charge on any atom is 0.416 e. The number of piperazine rings is 1. The standard InChI is InChI=1S/C25H25Cl2F3N4O/c1-16(2)15-32-9-11-33(12-10-32)22-14-23(35)34(19-6-3-17(4-7-19)25(28,29)30)24(31-22)20-8-5-18(26)13-21(20)27/h3-8,13-14,16H,9-12,15H2,1-2H3. The maximum atomic E-state index is 13.3. The van der Waals surface area contributed by atoms with Crippen LogP contribution in [0.4, 0.5) is 19.0 Å². The Morgan fingerprint density at radius 1 is 0.971 bits per heavy atom.